The van der Waals surface area contributed by atoms with Gasteiger partial charge in [-0.05, 0) is 56.2 Å². The molecular formula is C25H32N6O3. The molecule has 0 aliphatic carbocycles. The van der Waals surface area contributed by atoms with Crippen molar-refractivity contribution in [2.24, 2.45) is 7.05 Å². The molecule has 2 aliphatic heterocycles. The zero-order valence-corrected chi connectivity index (χ0v) is 19.6. The molecule has 2 unspecified atom stereocenters. The number of pyridine rings is 1. The first-order chi connectivity index (χ1) is 16.6. The number of carbonyl (C=O) groups is 1. The number of rotatable bonds is 9. The molecule has 9 nitrogen and oxygen atoms in total. The smallest absolute Gasteiger partial charge is 0.325 e. The van der Waals surface area contributed by atoms with E-state index in [9.17, 15) is 9.90 Å². The van der Waals surface area contributed by atoms with E-state index < -0.39 is 12.0 Å². The molecule has 0 amide bonds. The average Bonchev–Trinajstić information content (AvgIpc) is 3.46. The number of ether oxygens (including phenoxy) is 1. The summed E-state index contributed by atoms with van der Waals surface area (Å²) < 4.78 is 7.78. The van der Waals surface area contributed by atoms with Crippen molar-refractivity contribution in [2.75, 3.05) is 31.6 Å². The SMILES string of the molecule is Cn1nnc2cccc(C(C(=O)O)N3CCC(OCCCCc4ccc5c(n4)NCCC5)C3)c21. The summed E-state index contributed by atoms with van der Waals surface area (Å²) in [4.78, 5) is 19.0. The summed E-state index contributed by atoms with van der Waals surface area (Å²) in [6, 6.07) is 9.18. The predicted octanol–water partition coefficient (Wildman–Crippen LogP) is 2.96. The third kappa shape index (κ3) is 4.76. The zero-order valence-electron chi connectivity index (χ0n) is 19.6. The Hall–Kier alpha value is -3.04. The van der Waals surface area contributed by atoms with Gasteiger partial charge in [-0.1, -0.05) is 23.4 Å². The van der Waals surface area contributed by atoms with Crippen molar-refractivity contribution in [3.63, 3.8) is 0 Å². The maximum absolute atomic E-state index is 12.3. The number of unbranched alkanes of at least 4 members (excludes halogenated alkanes) is 1. The number of carboxylic acids is 1. The van der Waals surface area contributed by atoms with Gasteiger partial charge in [-0.15, -0.1) is 5.10 Å². The number of carboxylic acid groups (broad SMARTS) is 1. The maximum atomic E-state index is 12.3. The van der Waals surface area contributed by atoms with Gasteiger partial charge in [0.25, 0.3) is 0 Å². The van der Waals surface area contributed by atoms with Gasteiger partial charge >= 0.3 is 5.97 Å². The highest BCUT2D eigenvalue weighted by molar-refractivity contribution is 5.86. The molecule has 180 valence electrons. The van der Waals surface area contributed by atoms with Crippen molar-refractivity contribution >= 4 is 22.8 Å². The van der Waals surface area contributed by atoms with E-state index in [1.165, 1.54) is 12.0 Å². The normalized spacial score (nSPS) is 19.1. The van der Waals surface area contributed by atoms with Crippen molar-refractivity contribution < 1.29 is 14.6 Å². The van der Waals surface area contributed by atoms with E-state index in [4.69, 9.17) is 9.72 Å². The lowest BCUT2D eigenvalue weighted by molar-refractivity contribution is -0.143. The van der Waals surface area contributed by atoms with Crippen molar-refractivity contribution in [1.82, 2.24) is 24.9 Å². The number of anilines is 1. The number of aromatic nitrogens is 4. The average molecular weight is 465 g/mol. The van der Waals surface area contributed by atoms with E-state index in [2.05, 4.69) is 27.8 Å². The molecule has 0 spiro atoms. The molecule has 4 heterocycles. The number of hydrogen-bond donors (Lipinski definition) is 2. The molecule has 0 bridgehead atoms. The molecule has 0 radical (unpaired) electrons. The maximum Gasteiger partial charge on any atom is 0.325 e. The van der Waals surface area contributed by atoms with Crippen LogP contribution in [0.1, 0.15) is 48.5 Å². The lowest BCUT2D eigenvalue weighted by atomic mass is 10.0. The van der Waals surface area contributed by atoms with Crippen LogP contribution in [0.15, 0.2) is 30.3 Å². The number of para-hydroxylation sites is 1. The Kier molecular flexibility index (Phi) is 6.73. The van der Waals surface area contributed by atoms with Gasteiger partial charge in [0.1, 0.15) is 17.4 Å². The predicted molar refractivity (Wildman–Crippen MR) is 129 cm³/mol. The van der Waals surface area contributed by atoms with Gasteiger partial charge in [-0.2, -0.15) is 0 Å². The molecule has 1 aromatic carbocycles. The summed E-state index contributed by atoms with van der Waals surface area (Å²) in [6.07, 6.45) is 6.10. The van der Waals surface area contributed by atoms with Crippen LogP contribution in [0.25, 0.3) is 11.0 Å². The number of likely N-dealkylation sites (tertiary alicyclic amines) is 1. The molecule has 2 N–H and O–H groups in total. The summed E-state index contributed by atoms with van der Waals surface area (Å²) in [5, 5.41) is 21.6. The van der Waals surface area contributed by atoms with Crippen LogP contribution in [0, 0.1) is 0 Å². The highest BCUT2D eigenvalue weighted by Gasteiger charge is 2.35. The molecule has 1 fully saturated rings. The highest BCUT2D eigenvalue weighted by Crippen LogP contribution is 2.31. The number of aliphatic carboxylic acids is 1. The van der Waals surface area contributed by atoms with E-state index in [-0.39, 0.29) is 6.10 Å². The molecule has 3 aromatic rings. The number of nitrogens with zero attached hydrogens (tertiary/aromatic N) is 5. The fourth-order valence-electron chi connectivity index (χ4n) is 5.14. The first-order valence-corrected chi connectivity index (χ1v) is 12.2. The standard InChI is InChI=1S/C25H32N6O3/c1-30-22-20(8-4-9-21(22)28-29-30)23(25(32)33)31-14-12-19(16-31)34-15-3-2-7-18-11-10-17-6-5-13-26-24(17)27-18/h4,8-11,19,23H,2-3,5-7,12-16H2,1H3,(H,26,27)(H,32,33). The van der Waals surface area contributed by atoms with Crippen LogP contribution in [0.4, 0.5) is 5.82 Å². The number of fused-ring (bicyclic) bond motifs is 2. The number of benzene rings is 1. The Labute approximate surface area is 199 Å². The van der Waals surface area contributed by atoms with Crippen LogP contribution < -0.4 is 5.32 Å². The van der Waals surface area contributed by atoms with E-state index in [1.54, 1.807) is 11.7 Å². The molecule has 1 saturated heterocycles. The van der Waals surface area contributed by atoms with Crippen LogP contribution in [-0.2, 0) is 29.4 Å². The Morgan fingerprint density at radius 2 is 2.21 bits per heavy atom. The fraction of sp³-hybridized carbons (Fsp3) is 0.520. The summed E-state index contributed by atoms with van der Waals surface area (Å²) >= 11 is 0. The van der Waals surface area contributed by atoms with Gasteiger partial charge in [0.05, 0.1) is 11.6 Å². The third-order valence-corrected chi connectivity index (χ3v) is 6.86. The van der Waals surface area contributed by atoms with Gasteiger partial charge in [0, 0.05) is 44.5 Å². The second-order valence-electron chi connectivity index (χ2n) is 9.24. The van der Waals surface area contributed by atoms with Crippen LogP contribution in [-0.4, -0.2) is 68.3 Å². The second-order valence-corrected chi connectivity index (χ2v) is 9.24. The lowest BCUT2D eigenvalue weighted by Crippen LogP contribution is -2.33. The van der Waals surface area contributed by atoms with Crippen LogP contribution >= 0.6 is 0 Å². The Morgan fingerprint density at radius 1 is 1.29 bits per heavy atom. The Bertz CT molecular complexity index is 1160. The number of nitrogens with one attached hydrogen (secondary N) is 1. The van der Waals surface area contributed by atoms with E-state index in [0.29, 0.717) is 25.2 Å². The molecule has 34 heavy (non-hydrogen) atoms. The molecule has 2 atom stereocenters. The van der Waals surface area contributed by atoms with Gasteiger partial charge in [0.15, 0.2) is 0 Å². The molecular weight excluding hydrogens is 432 g/mol. The molecule has 2 aliphatic rings. The number of hydrogen-bond acceptors (Lipinski definition) is 7. The van der Waals surface area contributed by atoms with Crippen LogP contribution in [0.2, 0.25) is 0 Å². The lowest BCUT2D eigenvalue weighted by Gasteiger charge is -2.25. The van der Waals surface area contributed by atoms with Crippen molar-refractivity contribution in [2.45, 2.75) is 50.7 Å². The highest BCUT2D eigenvalue weighted by atomic mass is 16.5. The molecule has 9 heteroatoms. The van der Waals surface area contributed by atoms with Gasteiger partial charge < -0.3 is 15.2 Å². The minimum Gasteiger partial charge on any atom is -0.480 e. The largest absolute Gasteiger partial charge is 0.480 e. The van der Waals surface area contributed by atoms with Crippen molar-refractivity contribution in [3.8, 4) is 0 Å². The van der Waals surface area contributed by atoms with E-state index >= 15 is 0 Å². The van der Waals surface area contributed by atoms with Crippen molar-refractivity contribution in [1.29, 1.82) is 0 Å². The topological polar surface area (TPSA) is 105 Å². The van der Waals surface area contributed by atoms with E-state index in [0.717, 1.165) is 61.2 Å². The fourth-order valence-corrected chi connectivity index (χ4v) is 5.14. The third-order valence-electron chi connectivity index (χ3n) is 6.86. The molecule has 5 rings (SSSR count). The van der Waals surface area contributed by atoms with Crippen molar-refractivity contribution in [3.05, 3.63) is 47.2 Å². The molecule has 2 aromatic heterocycles. The molecule has 0 saturated carbocycles. The van der Waals surface area contributed by atoms with Gasteiger partial charge in [0.2, 0.25) is 0 Å². The summed E-state index contributed by atoms with van der Waals surface area (Å²) in [5.41, 5.74) is 4.65. The first-order valence-electron chi connectivity index (χ1n) is 12.2. The Morgan fingerprint density at radius 3 is 3.09 bits per heavy atom. The Balaban J connectivity index is 1.12. The summed E-state index contributed by atoms with van der Waals surface area (Å²) in [6.45, 7) is 2.99. The van der Waals surface area contributed by atoms with Crippen LogP contribution in [0.5, 0.6) is 0 Å². The summed E-state index contributed by atoms with van der Waals surface area (Å²) in [5.74, 6) is 0.193. The second kappa shape index (κ2) is 10.1. The van der Waals surface area contributed by atoms with Gasteiger partial charge in [-0.3, -0.25) is 9.69 Å². The van der Waals surface area contributed by atoms with Crippen LogP contribution in [0.3, 0.4) is 0 Å². The number of aryl methyl sites for hydroxylation is 3. The minimum absolute atomic E-state index is 0.0526. The minimum atomic E-state index is -0.860. The zero-order chi connectivity index (χ0) is 23.5. The summed E-state index contributed by atoms with van der Waals surface area (Å²) in [7, 11) is 1.80. The quantitative estimate of drug-likeness (QED) is 0.466. The van der Waals surface area contributed by atoms with Gasteiger partial charge in [-0.25, -0.2) is 9.67 Å². The first kappa shape index (κ1) is 22.7. The monoisotopic (exact) mass is 464 g/mol. The van der Waals surface area contributed by atoms with E-state index in [1.807, 2.05) is 23.1 Å².